The molecule has 3 amide bonds. The van der Waals surface area contributed by atoms with Gasteiger partial charge in [-0.05, 0) is 49.2 Å². The lowest BCUT2D eigenvalue weighted by atomic mass is 10.0. The van der Waals surface area contributed by atoms with Crippen molar-refractivity contribution in [3.8, 4) is 5.75 Å². The molecule has 0 spiro atoms. The van der Waals surface area contributed by atoms with Gasteiger partial charge in [-0.1, -0.05) is 19.9 Å². The van der Waals surface area contributed by atoms with Crippen molar-refractivity contribution in [1.82, 2.24) is 16.2 Å². The van der Waals surface area contributed by atoms with E-state index >= 15 is 0 Å². The molecule has 0 fully saturated rings. The molecule has 2 unspecified atom stereocenters. The van der Waals surface area contributed by atoms with Crippen LogP contribution in [-0.2, 0) is 9.59 Å². The molecule has 0 bridgehead atoms. The Kier molecular flexibility index (Phi) is 8.00. The summed E-state index contributed by atoms with van der Waals surface area (Å²) < 4.78 is 45.9. The number of rotatable bonds is 7. The first-order valence-corrected chi connectivity index (χ1v) is 9.37. The highest BCUT2D eigenvalue weighted by Crippen LogP contribution is 2.14. The molecule has 0 aliphatic carbocycles. The third-order valence-electron chi connectivity index (χ3n) is 4.23. The molecule has 2 aromatic carbocycles. The van der Waals surface area contributed by atoms with Crippen LogP contribution in [-0.4, -0.2) is 29.9 Å². The number of carbonyl (C=O) groups is 3. The van der Waals surface area contributed by atoms with Gasteiger partial charge in [-0.15, -0.1) is 0 Å². The molecule has 0 aromatic heterocycles. The van der Waals surface area contributed by atoms with Gasteiger partial charge >= 0.3 is 0 Å². The number of nitrogens with one attached hydrogen (secondary N) is 3. The van der Waals surface area contributed by atoms with Crippen molar-refractivity contribution in [1.29, 1.82) is 0 Å². The van der Waals surface area contributed by atoms with Crippen LogP contribution in [0.15, 0.2) is 42.5 Å². The number of hydrogen-bond acceptors (Lipinski definition) is 4. The molecule has 2 rings (SSSR count). The van der Waals surface area contributed by atoms with Crippen molar-refractivity contribution >= 4 is 17.7 Å². The minimum Gasteiger partial charge on any atom is -0.481 e. The first kappa shape index (κ1) is 23.7. The fourth-order valence-corrected chi connectivity index (χ4v) is 2.54. The Morgan fingerprint density at radius 2 is 1.39 bits per heavy atom. The third-order valence-corrected chi connectivity index (χ3v) is 4.23. The monoisotopic (exact) mass is 437 g/mol. The Morgan fingerprint density at radius 3 is 1.94 bits per heavy atom. The van der Waals surface area contributed by atoms with E-state index in [1.54, 1.807) is 13.8 Å². The third kappa shape index (κ3) is 6.46. The Labute approximate surface area is 176 Å². The summed E-state index contributed by atoms with van der Waals surface area (Å²) in [5.74, 6) is -5.45. The maximum absolute atomic E-state index is 13.8. The van der Waals surface area contributed by atoms with Crippen molar-refractivity contribution in [2.45, 2.75) is 32.9 Å². The predicted octanol–water partition coefficient (Wildman–Crippen LogP) is 2.47. The fraction of sp³-hybridized carbons (Fsp3) is 0.286. The number of ether oxygens (including phenoxy) is 1. The van der Waals surface area contributed by atoms with Crippen LogP contribution in [0.2, 0.25) is 0 Å². The molecule has 0 aliphatic rings. The van der Waals surface area contributed by atoms with Crippen molar-refractivity contribution in [2.24, 2.45) is 5.92 Å². The van der Waals surface area contributed by atoms with Gasteiger partial charge in [0, 0.05) is 0 Å². The molecule has 2 aromatic rings. The highest BCUT2D eigenvalue weighted by atomic mass is 19.1. The number of benzene rings is 2. The normalized spacial score (nSPS) is 12.6. The molecule has 0 aliphatic heterocycles. The average Bonchev–Trinajstić information content (AvgIpc) is 2.71. The molecule has 0 saturated heterocycles. The second-order valence-electron chi connectivity index (χ2n) is 6.98. The van der Waals surface area contributed by atoms with Gasteiger partial charge in [0.1, 0.15) is 34.8 Å². The Morgan fingerprint density at radius 1 is 0.839 bits per heavy atom. The molecule has 10 heteroatoms. The molecular weight excluding hydrogens is 415 g/mol. The minimum absolute atomic E-state index is 0.245. The number of amides is 3. The van der Waals surface area contributed by atoms with Gasteiger partial charge in [-0.25, -0.2) is 13.2 Å². The highest BCUT2D eigenvalue weighted by molar-refractivity contribution is 5.98. The first-order chi connectivity index (χ1) is 14.6. The van der Waals surface area contributed by atoms with E-state index in [1.165, 1.54) is 19.1 Å². The molecule has 0 heterocycles. The molecule has 0 saturated carbocycles. The van der Waals surface area contributed by atoms with Crippen molar-refractivity contribution in [3.05, 3.63) is 65.5 Å². The van der Waals surface area contributed by atoms with Gasteiger partial charge < -0.3 is 10.1 Å². The standard InChI is InChI=1S/C21H22F3N3O4/c1-11(2)18(25-20(29)17-15(23)5-4-6-16(17)24)21(30)27-26-19(28)12(3)31-14-9-7-13(22)8-10-14/h4-12,18H,1-3H3,(H,25,29)(H,26,28)(H,27,30). The Bertz CT molecular complexity index is 931. The lowest BCUT2D eigenvalue weighted by Gasteiger charge is -2.22. The minimum atomic E-state index is -1.19. The van der Waals surface area contributed by atoms with Crippen LogP contribution in [0.3, 0.4) is 0 Å². The topological polar surface area (TPSA) is 96.5 Å². The summed E-state index contributed by atoms with van der Waals surface area (Å²) in [7, 11) is 0. The maximum Gasteiger partial charge on any atom is 0.279 e. The lowest BCUT2D eigenvalue weighted by Crippen LogP contribution is -2.56. The lowest BCUT2D eigenvalue weighted by molar-refractivity contribution is -0.133. The van der Waals surface area contributed by atoms with Gasteiger partial charge in [0.2, 0.25) is 0 Å². The van der Waals surface area contributed by atoms with Crippen LogP contribution in [0.5, 0.6) is 5.75 Å². The van der Waals surface area contributed by atoms with Crippen LogP contribution in [0.4, 0.5) is 13.2 Å². The zero-order valence-corrected chi connectivity index (χ0v) is 17.0. The Hall–Kier alpha value is -3.56. The van der Waals surface area contributed by atoms with E-state index in [2.05, 4.69) is 16.2 Å². The van der Waals surface area contributed by atoms with Crippen molar-refractivity contribution in [2.75, 3.05) is 0 Å². The summed E-state index contributed by atoms with van der Waals surface area (Å²) in [6.07, 6.45) is -1.04. The zero-order chi connectivity index (χ0) is 23.1. The van der Waals surface area contributed by atoms with E-state index in [4.69, 9.17) is 4.74 Å². The van der Waals surface area contributed by atoms with E-state index < -0.39 is 58.8 Å². The summed E-state index contributed by atoms with van der Waals surface area (Å²) in [6.45, 7) is 4.61. The van der Waals surface area contributed by atoms with E-state index in [-0.39, 0.29) is 5.75 Å². The number of hydrogen-bond donors (Lipinski definition) is 3. The second-order valence-corrected chi connectivity index (χ2v) is 6.98. The van der Waals surface area contributed by atoms with E-state index in [9.17, 15) is 27.6 Å². The van der Waals surface area contributed by atoms with Crippen LogP contribution in [0, 0.1) is 23.4 Å². The molecular formula is C21H22F3N3O4. The molecule has 0 radical (unpaired) electrons. The van der Waals surface area contributed by atoms with Crippen molar-refractivity contribution < 1.29 is 32.3 Å². The predicted molar refractivity (Wildman–Crippen MR) is 105 cm³/mol. The quantitative estimate of drug-likeness (QED) is 0.580. The van der Waals surface area contributed by atoms with E-state index in [1.807, 2.05) is 0 Å². The van der Waals surface area contributed by atoms with Crippen LogP contribution in [0.1, 0.15) is 31.1 Å². The smallest absolute Gasteiger partial charge is 0.279 e. The van der Waals surface area contributed by atoms with Gasteiger partial charge in [0.25, 0.3) is 17.7 Å². The summed E-state index contributed by atoms with van der Waals surface area (Å²) in [6, 6.07) is 6.76. The van der Waals surface area contributed by atoms with Crippen LogP contribution in [0.25, 0.3) is 0 Å². The van der Waals surface area contributed by atoms with Crippen LogP contribution < -0.4 is 20.9 Å². The van der Waals surface area contributed by atoms with E-state index in [0.29, 0.717) is 0 Å². The summed E-state index contributed by atoms with van der Waals surface area (Å²) in [5, 5.41) is 2.26. The molecule has 31 heavy (non-hydrogen) atoms. The SMILES string of the molecule is CC(Oc1ccc(F)cc1)C(=O)NNC(=O)C(NC(=O)c1c(F)cccc1F)C(C)C. The van der Waals surface area contributed by atoms with Gasteiger partial charge in [-0.2, -0.15) is 0 Å². The molecule has 3 N–H and O–H groups in total. The number of halogens is 3. The Balaban J connectivity index is 1.96. The zero-order valence-electron chi connectivity index (χ0n) is 17.0. The number of hydrazine groups is 1. The van der Waals surface area contributed by atoms with Gasteiger partial charge in [-0.3, -0.25) is 25.2 Å². The molecule has 7 nitrogen and oxygen atoms in total. The van der Waals surface area contributed by atoms with E-state index in [0.717, 1.165) is 30.3 Å². The van der Waals surface area contributed by atoms with Gasteiger partial charge in [0.15, 0.2) is 6.10 Å². The maximum atomic E-state index is 13.8. The fourth-order valence-electron chi connectivity index (χ4n) is 2.54. The average molecular weight is 437 g/mol. The van der Waals surface area contributed by atoms with Gasteiger partial charge in [0.05, 0.1) is 0 Å². The largest absolute Gasteiger partial charge is 0.481 e. The summed E-state index contributed by atoms with van der Waals surface area (Å²) in [4.78, 5) is 36.8. The second kappa shape index (κ2) is 10.5. The number of carbonyl (C=O) groups excluding carboxylic acids is 3. The molecule has 2 atom stereocenters. The highest BCUT2D eigenvalue weighted by Gasteiger charge is 2.28. The molecule has 166 valence electrons. The van der Waals surface area contributed by atoms with Crippen LogP contribution >= 0.6 is 0 Å². The van der Waals surface area contributed by atoms with Crippen molar-refractivity contribution in [3.63, 3.8) is 0 Å². The first-order valence-electron chi connectivity index (χ1n) is 9.37. The summed E-state index contributed by atoms with van der Waals surface area (Å²) in [5.41, 5.74) is 3.48. The summed E-state index contributed by atoms with van der Waals surface area (Å²) >= 11 is 0.